The second-order valence-electron chi connectivity index (χ2n) is 4.93. The van der Waals surface area contributed by atoms with Gasteiger partial charge in [-0.1, -0.05) is 29.8 Å². The SMILES string of the molecule is Cc1ccc(SCC(=O)Oc2ccc(C=C(C#N)C#N)cc2)cc1. The summed E-state index contributed by atoms with van der Waals surface area (Å²) in [4.78, 5) is 12.9. The number of carbonyl (C=O) groups is 1. The Morgan fingerprint density at radius 2 is 1.71 bits per heavy atom. The smallest absolute Gasteiger partial charge is 0.321 e. The molecule has 0 N–H and O–H groups in total. The Kier molecular flexibility index (Phi) is 6.19. The van der Waals surface area contributed by atoms with Crippen molar-refractivity contribution in [3.63, 3.8) is 0 Å². The fourth-order valence-electron chi connectivity index (χ4n) is 1.83. The fraction of sp³-hybridized carbons (Fsp3) is 0.105. The summed E-state index contributed by atoms with van der Waals surface area (Å²) in [5.41, 5.74) is 1.89. The number of carbonyl (C=O) groups excluding carboxylic acids is 1. The van der Waals surface area contributed by atoms with Crippen molar-refractivity contribution in [2.45, 2.75) is 11.8 Å². The number of nitrogens with zero attached hydrogens (tertiary/aromatic N) is 2. The summed E-state index contributed by atoms with van der Waals surface area (Å²) >= 11 is 1.42. The van der Waals surface area contributed by atoms with Gasteiger partial charge < -0.3 is 4.74 Å². The van der Waals surface area contributed by atoms with Gasteiger partial charge in [-0.3, -0.25) is 4.79 Å². The molecule has 118 valence electrons. The lowest BCUT2D eigenvalue weighted by Crippen LogP contribution is -2.10. The molecule has 0 saturated carbocycles. The van der Waals surface area contributed by atoms with E-state index in [0.717, 1.165) is 4.90 Å². The molecule has 0 aliphatic heterocycles. The Hall–Kier alpha value is -3.02. The summed E-state index contributed by atoms with van der Waals surface area (Å²) in [5, 5.41) is 17.4. The van der Waals surface area contributed by atoms with Gasteiger partial charge in [-0.2, -0.15) is 10.5 Å². The minimum Gasteiger partial charge on any atom is -0.426 e. The zero-order valence-electron chi connectivity index (χ0n) is 13.0. The van der Waals surface area contributed by atoms with Crippen molar-refractivity contribution in [1.82, 2.24) is 0 Å². The summed E-state index contributed by atoms with van der Waals surface area (Å²) in [5.74, 6) is 0.313. The Balaban J connectivity index is 1.90. The number of benzene rings is 2. The molecule has 0 aliphatic rings. The molecule has 0 amide bonds. The van der Waals surface area contributed by atoms with E-state index in [1.807, 2.05) is 31.2 Å². The van der Waals surface area contributed by atoms with Gasteiger partial charge in [-0.05, 0) is 42.8 Å². The normalized spacial score (nSPS) is 9.46. The van der Waals surface area contributed by atoms with Crippen molar-refractivity contribution < 1.29 is 9.53 Å². The minimum atomic E-state index is -0.335. The molecule has 0 bridgehead atoms. The molecule has 0 saturated heterocycles. The van der Waals surface area contributed by atoms with Crippen LogP contribution >= 0.6 is 11.8 Å². The van der Waals surface area contributed by atoms with Crippen LogP contribution in [0.5, 0.6) is 5.75 Å². The Bertz CT molecular complexity index is 810. The summed E-state index contributed by atoms with van der Waals surface area (Å²) < 4.78 is 5.26. The highest BCUT2D eigenvalue weighted by molar-refractivity contribution is 8.00. The molecular weight excluding hydrogens is 320 g/mol. The molecule has 2 rings (SSSR count). The maximum Gasteiger partial charge on any atom is 0.321 e. The van der Waals surface area contributed by atoms with Gasteiger partial charge in [0.05, 0.1) is 5.75 Å². The number of hydrogen-bond acceptors (Lipinski definition) is 5. The molecule has 24 heavy (non-hydrogen) atoms. The maximum absolute atomic E-state index is 11.9. The van der Waals surface area contributed by atoms with Crippen molar-refractivity contribution >= 4 is 23.8 Å². The second kappa shape index (κ2) is 8.57. The van der Waals surface area contributed by atoms with Gasteiger partial charge in [0.1, 0.15) is 23.5 Å². The van der Waals surface area contributed by atoms with Crippen LogP contribution < -0.4 is 4.74 Å². The van der Waals surface area contributed by atoms with Gasteiger partial charge in [0.25, 0.3) is 0 Å². The Morgan fingerprint density at radius 3 is 2.29 bits per heavy atom. The first-order valence-electron chi connectivity index (χ1n) is 7.13. The summed E-state index contributed by atoms with van der Waals surface area (Å²) in [6, 6.07) is 18.2. The van der Waals surface area contributed by atoms with Crippen LogP contribution in [0, 0.1) is 29.6 Å². The molecule has 5 heteroatoms. The van der Waals surface area contributed by atoms with Crippen molar-refractivity contribution in [1.29, 1.82) is 10.5 Å². The molecule has 0 unspecified atom stereocenters. The minimum absolute atomic E-state index is 0.0224. The van der Waals surface area contributed by atoms with Crippen LogP contribution in [0.3, 0.4) is 0 Å². The molecule has 2 aromatic carbocycles. The predicted molar refractivity (Wildman–Crippen MR) is 93.2 cm³/mol. The standard InChI is InChI=1S/C19H14N2O2S/c1-14-2-8-18(9-3-14)24-13-19(22)23-17-6-4-15(5-7-17)10-16(11-20)12-21/h2-10H,13H2,1H3. The molecule has 0 heterocycles. The number of hydrogen-bond donors (Lipinski definition) is 0. The molecule has 2 aromatic rings. The average Bonchev–Trinajstić information content (AvgIpc) is 2.60. The summed E-state index contributed by atoms with van der Waals surface area (Å²) in [6.45, 7) is 2.01. The number of esters is 1. The van der Waals surface area contributed by atoms with Gasteiger partial charge in [0, 0.05) is 4.90 Å². The molecule has 0 aromatic heterocycles. The summed E-state index contributed by atoms with van der Waals surface area (Å²) in [6.07, 6.45) is 1.47. The third-order valence-electron chi connectivity index (χ3n) is 3.04. The number of allylic oxidation sites excluding steroid dienone is 1. The lowest BCUT2D eigenvalue weighted by molar-refractivity contribution is -0.131. The molecule has 0 aliphatic carbocycles. The lowest BCUT2D eigenvalue weighted by Gasteiger charge is -2.05. The topological polar surface area (TPSA) is 73.9 Å². The molecule has 0 fully saturated rings. The van der Waals surface area contributed by atoms with E-state index in [9.17, 15) is 4.79 Å². The monoisotopic (exact) mass is 334 g/mol. The van der Waals surface area contributed by atoms with E-state index in [1.165, 1.54) is 23.4 Å². The third-order valence-corrected chi connectivity index (χ3v) is 4.03. The van der Waals surface area contributed by atoms with Crippen molar-refractivity contribution in [2.75, 3.05) is 5.75 Å². The number of rotatable bonds is 5. The van der Waals surface area contributed by atoms with Gasteiger partial charge in [0.15, 0.2) is 0 Å². The van der Waals surface area contributed by atoms with Crippen LogP contribution in [-0.4, -0.2) is 11.7 Å². The highest BCUT2D eigenvalue weighted by Crippen LogP contribution is 2.20. The first-order chi connectivity index (χ1) is 11.6. The summed E-state index contributed by atoms with van der Waals surface area (Å²) in [7, 11) is 0. The van der Waals surface area contributed by atoms with Gasteiger partial charge >= 0.3 is 5.97 Å². The van der Waals surface area contributed by atoms with E-state index in [4.69, 9.17) is 15.3 Å². The zero-order valence-corrected chi connectivity index (χ0v) is 13.8. The third kappa shape index (κ3) is 5.31. The second-order valence-corrected chi connectivity index (χ2v) is 5.98. The molecular formula is C19H14N2O2S. The quantitative estimate of drug-likeness (QED) is 0.356. The number of ether oxygens (including phenoxy) is 1. The van der Waals surface area contributed by atoms with Crippen LogP contribution in [0.2, 0.25) is 0 Å². The van der Waals surface area contributed by atoms with Crippen molar-refractivity contribution in [3.05, 3.63) is 65.2 Å². The van der Waals surface area contributed by atoms with Crippen LogP contribution in [0.25, 0.3) is 6.08 Å². The average molecular weight is 334 g/mol. The van der Waals surface area contributed by atoms with Crippen LogP contribution in [0.4, 0.5) is 0 Å². The first kappa shape index (κ1) is 17.3. The van der Waals surface area contributed by atoms with Crippen LogP contribution in [0.15, 0.2) is 59.0 Å². The highest BCUT2D eigenvalue weighted by Gasteiger charge is 2.06. The largest absolute Gasteiger partial charge is 0.426 e. The predicted octanol–water partition coefficient (Wildman–Crippen LogP) is 4.12. The van der Waals surface area contributed by atoms with E-state index in [-0.39, 0.29) is 17.3 Å². The highest BCUT2D eigenvalue weighted by atomic mass is 32.2. The Morgan fingerprint density at radius 1 is 1.08 bits per heavy atom. The van der Waals surface area contributed by atoms with E-state index in [2.05, 4.69) is 0 Å². The van der Waals surface area contributed by atoms with E-state index in [0.29, 0.717) is 11.3 Å². The van der Waals surface area contributed by atoms with E-state index >= 15 is 0 Å². The number of thioether (sulfide) groups is 1. The fourth-order valence-corrected chi connectivity index (χ4v) is 2.50. The maximum atomic E-state index is 11.9. The lowest BCUT2D eigenvalue weighted by atomic mass is 10.1. The van der Waals surface area contributed by atoms with Crippen LogP contribution in [0.1, 0.15) is 11.1 Å². The molecule has 0 radical (unpaired) electrons. The molecule has 0 atom stereocenters. The van der Waals surface area contributed by atoms with E-state index in [1.54, 1.807) is 36.4 Å². The zero-order chi connectivity index (χ0) is 17.4. The number of nitriles is 2. The molecule has 0 spiro atoms. The van der Waals surface area contributed by atoms with Gasteiger partial charge in [-0.15, -0.1) is 11.8 Å². The molecule has 4 nitrogen and oxygen atoms in total. The first-order valence-corrected chi connectivity index (χ1v) is 8.11. The van der Waals surface area contributed by atoms with Crippen LogP contribution in [-0.2, 0) is 4.79 Å². The Labute approximate surface area is 145 Å². The van der Waals surface area contributed by atoms with Gasteiger partial charge in [0.2, 0.25) is 0 Å². The van der Waals surface area contributed by atoms with E-state index < -0.39 is 0 Å². The van der Waals surface area contributed by atoms with Crippen molar-refractivity contribution in [2.24, 2.45) is 0 Å². The van der Waals surface area contributed by atoms with Crippen molar-refractivity contribution in [3.8, 4) is 17.9 Å². The number of aryl methyl sites for hydroxylation is 1. The van der Waals surface area contributed by atoms with Gasteiger partial charge in [-0.25, -0.2) is 0 Å².